The highest BCUT2D eigenvalue weighted by atomic mass is 79.9. The van der Waals surface area contributed by atoms with Gasteiger partial charge in [0.25, 0.3) is 0 Å². The highest BCUT2D eigenvalue weighted by Gasteiger charge is 2.04. The van der Waals surface area contributed by atoms with E-state index in [2.05, 4.69) is 36.2 Å². The van der Waals surface area contributed by atoms with Gasteiger partial charge in [-0.3, -0.25) is 4.98 Å². The van der Waals surface area contributed by atoms with Crippen LogP contribution in [0.15, 0.2) is 47.2 Å². The molecule has 5 nitrogen and oxygen atoms in total. The molecule has 2 heterocycles. The third kappa shape index (κ3) is 2.48. The van der Waals surface area contributed by atoms with Gasteiger partial charge in [0, 0.05) is 22.3 Å². The topological polar surface area (TPSA) is 76.7 Å². The van der Waals surface area contributed by atoms with Crippen LogP contribution in [0.5, 0.6) is 0 Å². The van der Waals surface area contributed by atoms with Crippen LogP contribution in [-0.4, -0.2) is 15.0 Å². The van der Waals surface area contributed by atoms with Crippen LogP contribution in [0.3, 0.4) is 0 Å². The van der Waals surface area contributed by atoms with Crippen LogP contribution >= 0.6 is 15.9 Å². The maximum absolute atomic E-state index is 5.56. The van der Waals surface area contributed by atoms with Crippen LogP contribution in [0.1, 0.15) is 0 Å². The van der Waals surface area contributed by atoms with E-state index in [0.717, 1.165) is 21.1 Å². The fourth-order valence-corrected chi connectivity index (χ4v) is 2.17. The molecular formula is C13H10BrN5. The average molecular weight is 316 g/mol. The second-order valence-electron chi connectivity index (χ2n) is 3.96. The number of nitrogens with zero attached hydrogens (tertiary/aromatic N) is 3. The largest absolute Gasteiger partial charge is 0.368 e. The van der Waals surface area contributed by atoms with Crippen LogP contribution in [0.4, 0.5) is 17.5 Å². The van der Waals surface area contributed by atoms with Gasteiger partial charge in [-0.15, -0.1) is 0 Å². The van der Waals surface area contributed by atoms with Crippen molar-refractivity contribution >= 4 is 44.3 Å². The highest BCUT2D eigenvalue weighted by Crippen LogP contribution is 2.25. The summed E-state index contributed by atoms with van der Waals surface area (Å²) in [4.78, 5) is 12.4. The van der Waals surface area contributed by atoms with Crippen LogP contribution in [-0.2, 0) is 0 Å². The molecule has 0 aliphatic rings. The zero-order chi connectivity index (χ0) is 13.2. The van der Waals surface area contributed by atoms with E-state index in [-0.39, 0.29) is 5.95 Å². The zero-order valence-electron chi connectivity index (χ0n) is 9.84. The van der Waals surface area contributed by atoms with Gasteiger partial charge in [-0.05, 0) is 34.1 Å². The van der Waals surface area contributed by atoms with E-state index in [1.165, 1.54) is 0 Å². The Balaban J connectivity index is 2.06. The number of nitrogens with one attached hydrogen (secondary N) is 1. The molecule has 0 spiro atoms. The number of nitrogens with two attached hydrogens (primary N) is 1. The van der Waals surface area contributed by atoms with E-state index in [4.69, 9.17) is 5.73 Å². The van der Waals surface area contributed by atoms with Crippen molar-refractivity contribution < 1.29 is 0 Å². The summed E-state index contributed by atoms with van der Waals surface area (Å²) in [6.45, 7) is 0. The Bertz CT molecular complexity index is 744. The quantitative estimate of drug-likeness (QED) is 0.759. The summed E-state index contributed by atoms with van der Waals surface area (Å²) in [7, 11) is 0. The molecule has 0 aliphatic heterocycles. The normalized spacial score (nSPS) is 10.6. The summed E-state index contributed by atoms with van der Waals surface area (Å²) in [6, 6.07) is 9.69. The second kappa shape index (κ2) is 4.81. The number of anilines is 3. The number of fused-ring (bicyclic) bond motifs is 1. The minimum absolute atomic E-state index is 0.237. The van der Waals surface area contributed by atoms with Crippen molar-refractivity contribution in [2.24, 2.45) is 0 Å². The molecule has 2 aromatic heterocycles. The van der Waals surface area contributed by atoms with Crippen molar-refractivity contribution in [3.8, 4) is 0 Å². The first-order valence-electron chi connectivity index (χ1n) is 5.62. The van der Waals surface area contributed by atoms with Crippen molar-refractivity contribution in [1.29, 1.82) is 0 Å². The minimum atomic E-state index is 0.237. The van der Waals surface area contributed by atoms with E-state index in [9.17, 15) is 0 Å². The van der Waals surface area contributed by atoms with Crippen LogP contribution < -0.4 is 11.1 Å². The van der Waals surface area contributed by atoms with Crippen LogP contribution in [0.2, 0.25) is 0 Å². The molecule has 0 fully saturated rings. The first-order valence-corrected chi connectivity index (χ1v) is 6.41. The van der Waals surface area contributed by atoms with E-state index < -0.39 is 0 Å². The number of para-hydroxylation sites is 1. The number of aromatic nitrogens is 3. The first-order chi connectivity index (χ1) is 9.22. The van der Waals surface area contributed by atoms with E-state index in [1.807, 2.05) is 24.3 Å². The third-order valence-electron chi connectivity index (χ3n) is 2.61. The first kappa shape index (κ1) is 11.9. The molecule has 19 heavy (non-hydrogen) atoms. The molecule has 3 N–H and O–H groups in total. The van der Waals surface area contributed by atoms with Gasteiger partial charge in [0.1, 0.15) is 5.82 Å². The minimum Gasteiger partial charge on any atom is -0.368 e. The van der Waals surface area contributed by atoms with Gasteiger partial charge in [0.05, 0.1) is 11.2 Å². The summed E-state index contributed by atoms with van der Waals surface area (Å²) >= 11 is 3.41. The lowest BCUT2D eigenvalue weighted by molar-refractivity contribution is 1.18. The van der Waals surface area contributed by atoms with Crippen molar-refractivity contribution in [1.82, 2.24) is 15.0 Å². The molecule has 0 unspecified atom stereocenters. The summed E-state index contributed by atoms with van der Waals surface area (Å²) in [5.41, 5.74) is 7.32. The number of benzene rings is 1. The molecule has 0 bridgehead atoms. The Morgan fingerprint density at radius 2 is 2.05 bits per heavy atom. The molecule has 0 atom stereocenters. The Kier molecular flexibility index (Phi) is 3.00. The third-order valence-corrected chi connectivity index (χ3v) is 3.05. The van der Waals surface area contributed by atoms with Gasteiger partial charge < -0.3 is 11.1 Å². The Morgan fingerprint density at radius 3 is 2.89 bits per heavy atom. The summed E-state index contributed by atoms with van der Waals surface area (Å²) in [5, 5.41) is 4.24. The van der Waals surface area contributed by atoms with Gasteiger partial charge in [-0.2, -0.15) is 4.98 Å². The summed E-state index contributed by atoms with van der Waals surface area (Å²) < 4.78 is 0.948. The number of hydrogen-bond acceptors (Lipinski definition) is 5. The summed E-state index contributed by atoms with van der Waals surface area (Å²) in [5.74, 6) is 0.880. The predicted octanol–water partition coefficient (Wildman–Crippen LogP) is 3.11. The Labute approximate surface area is 118 Å². The Hall–Kier alpha value is -2.21. The maximum atomic E-state index is 5.56. The fraction of sp³-hybridized carbons (Fsp3) is 0. The standard InChI is InChI=1S/C13H10BrN5/c14-9-6-8-2-1-3-10(12(8)17-7-9)18-11-4-5-16-13(15)19-11/h1-7H,(H3,15,16,18,19). The second-order valence-corrected chi connectivity index (χ2v) is 4.87. The molecule has 3 rings (SSSR count). The lowest BCUT2D eigenvalue weighted by Crippen LogP contribution is -1.99. The predicted molar refractivity (Wildman–Crippen MR) is 79.2 cm³/mol. The molecule has 0 aliphatic carbocycles. The van der Waals surface area contributed by atoms with Gasteiger partial charge in [-0.1, -0.05) is 12.1 Å². The fourth-order valence-electron chi connectivity index (χ4n) is 1.82. The number of rotatable bonds is 2. The van der Waals surface area contributed by atoms with E-state index >= 15 is 0 Å². The van der Waals surface area contributed by atoms with Gasteiger partial charge >= 0.3 is 0 Å². The van der Waals surface area contributed by atoms with E-state index in [0.29, 0.717) is 5.82 Å². The van der Waals surface area contributed by atoms with Crippen molar-refractivity contribution in [2.45, 2.75) is 0 Å². The molecule has 0 saturated carbocycles. The molecule has 6 heteroatoms. The van der Waals surface area contributed by atoms with Gasteiger partial charge in [-0.25, -0.2) is 4.98 Å². The number of nitrogen functional groups attached to an aromatic ring is 1. The molecule has 0 saturated heterocycles. The van der Waals surface area contributed by atoms with Crippen LogP contribution in [0, 0.1) is 0 Å². The Morgan fingerprint density at radius 1 is 1.16 bits per heavy atom. The zero-order valence-corrected chi connectivity index (χ0v) is 11.4. The average Bonchev–Trinajstić information content (AvgIpc) is 2.38. The highest BCUT2D eigenvalue weighted by molar-refractivity contribution is 9.10. The smallest absolute Gasteiger partial charge is 0.221 e. The molecule has 0 amide bonds. The summed E-state index contributed by atoms with van der Waals surface area (Å²) in [6.07, 6.45) is 3.38. The van der Waals surface area contributed by atoms with Gasteiger partial charge in [0.2, 0.25) is 5.95 Å². The number of halogens is 1. The molecular weight excluding hydrogens is 306 g/mol. The van der Waals surface area contributed by atoms with Crippen LogP contribution in [0.25, 0.3) is 10.9 Å². The monoisotopic (exact) mass is 315 g/mol. The lowest BCUT2D eigenvalue weighted by atomic mass is 10.2. The number of hydrogen-bond donors (Lipinski definition) is 2. The molecule has 1 aromatic carbocycles. The molecule has 0 radical (unpaired) electrons. The lowest BCUT2D eigenvalue weighted by Gasteiger charge is -2.08. The van der Waals surface area contributed by atoms with Gasteiger partial charge in [0.15, 0.2) is 0 Å². The maximum Gasteiger partial charge on any atom is 0.221 e. The molecule has 3 aromatic rings. The molecule has 94 valence electrons. The van der Waals surface area contributed by atoms with Crippen molar-refractivity contribution in [3.63, 3.8) is 0 Å². The van der Waals surface area contributed by atoms with Crippen molar-refractivity contribution in [3.05, 3.63) is 47.2 Å². The van der Waals surface area contributed by atoms with E-state index in [1.54, 1.807) is 18.5 Å². The SMILES string of the molecule is Nc1nccc(Nc2cccc3cc(Br)cnc23)n1. The van der Waals surface area contributed by atoms with Crippen molar-refractivity contribution in [2.75, 3.05) is 11.1 Å². The number of pyridine rings is 1.